The Kier molecular flexibility index (Phi) is 8.45. The Morgan fingerprint density at radius 1 is 1.00 bits per heavy atom. The van der Waals surface area contributed by atoms with Gasteiger partial charge in [-0.2, -0.15) is 0 Å². The zero-order valence-electron chi connectivity index (χ0n) is 19.0. The van der Waals surface area contributed by atoms with Gasteiger partial charge >= 0.3 is 6.03 Å². The molecule has 0 unspecified atom stereocenters. The summed E-state index contributed by atoms with van der Waals surface area (Å²) in [7, 11) is 3.25. The van der Waals surface area contributed by atoms with Gasteiger partial charge in [-0.1, -0.05) is 48.3 Å². The van der Waals surface area contributed by atoms with Gasteiger partial charge in [0.2, 0.25) is 0 Å². The molecule has 1 fully saturated rings. The third-order valence-electron chi connectivity index (χ3n) is 5.37. The summed E-state index contributed by atoms with van der Waals surface area (Å²) in [4.78, 5) is 16.9. The molecule has 0 N–H and O–H groups in total. The number of carbonyl (C=O) groups is 1. The minimum Gasteiger partial charge on any atom is -0.496 e. The Morgan fingerprint density at radius 3 is 2.50 bits per heavy atom. The number of nitrogens with zero attached hydrogens (tertiary/aromatic N) is 2. The number of urea groups is 1. The summed E-state index contributed by atoms with van der Waals surface area (Å²) in [6, 6.07) is 11.3. The molecule has 7 heteroatoms. The van der Waals surface area contributed by atoms with Crippen molar-refractivity contribution < 1.29 is 19.0 Å². The zero-order chi connectivity index (χ0) is 23.1. The summed E-state index contributed by atoms with van der Waals surface area (Å²) in [6.07, 6.45) is 3.22. The van der Waals surface area contributed by atoms with Crippen molar-refractivity contribution in [1.82, 2.24) is 4.90 Å². The molecule has 2 aromatic carbocycles. The normalized spacial score (nSPS) is 14.0. The standard InChI is InChI=1S/C25H31BrN2O4/c1-5-6-7-12-32-24-14-21(10-11-22(24)30-3)28-16-18(2)15-27(25(28)29)17-19-8-9-20(26)13-23(19)31-4/h8-11,13-14H,2,5-7,12,15-17H2,1,3-4H3. The highest BCUT2D eigenvalue weighted by molar-refractivity contribution is 9.10. The van der Waals surface area contributed by atoms with E-state index in [9.17, 15) is 4.79 Å². The van der Waals surface area contributed by atoms with Crippen LogP contribution in [0.4, 0.5) is 10.5 Å². The predicted octanol–water partition coefficient (Wildman–Crippen LogP) is 6.03. The van der Waals surface area contributed by atoms with Gasteiger partial charge in [0, 0.05) is 28.3 Å². The molecule has 2 aromatic rings. The van der Waals surface area contributed by atoms with E-state index in [0.29, 0.717) is 37.7 Å². The van der Waals surface area contributed by atoms with Crippen molar-refractivity contribution in [3.05, 3.63) is 58.6 Å². The fraction of sp³-hybridized carbons (Fsp3) is 0.400. The van der Waals surface area contributed by atoms with Crippen LogP contribution in [0.15, 0.2) is 53.0 Å². The van der Waals surface area contributed by atoms with E-state index < -0.39 is 0 Å². The second-order valence-electron chi connectivity index (χ2n) is 7.82. The van der Waals surface area contributed by atoms with E-state index >= 15 is 0 Å². The second-order valence-corrected chi connectivity index (χ2v) is 8.74. The quantitative estimate of drug-likeness (QED) is 0.293. The highest BCUT2D eigenvalue weighted by Gasteiger charge is 2.30. The van der Waals surface area contributed by atoms with Gasteiger partial charge in [-0.3, -0.25) is 4.90 Å². The summed E-state index contributed by atoms with van der Waals surface area (Å²) in [5.74, 6) is 2.04. The first-order valence-electron chi connectivity index (χ1n) is 10.8. The molecule has 3 rings (SSSR count). The maximum atomic E-state index is 13.4. The van der Waals surface area contributed by atoms with Crippen LogP contribution < -0.4 is 19.1 Å². The zero-order valence-corrected chi connectivity index (χ0v) is 20.6. The number of hydrogen-bond acceptors (Lipinski definition) is 4. The fourth-order valence-electron chi connectivity index (χ4n) is 3.71. The first-order valence-corrected chi connectivity index (χ1v) is 11.6. The SMILES string of the molecule is C=C1CN(Cc2ccc(Br)cc2OC)C(=O)N(c2ccc(OC)c(OCCCCC)c2)C1. The molecule has 1 saturated heterocycles. The van der Waals surface area contributed by atoms with Crippen LogP contribution in [0.3, 0.4) is 0 Å². The van der Waals surface area contributed by atoms with Crippen LogP contribution in [0.1, 0.15) is 31.7 Å². The molecule has 0 radical (unpaired) electrons. The van der Waals surface area contributed by atoms with Gasteiger partial charge in [-0.25, -0.2) is 4.79 Å². The molecule has 6 nitrogen and oxygen atoms in total. The van der Waals surface area contributed by atoms with Gasteiger partial charge in [-0.05, 0) is 36.3 Å². The molecule has 172 valence electrons. The van der Waals surface area contributed by atoms with E-state index in [1.54, 1.807) is 24.0 Å². The van der Waals surface area contributed by atoms with Crippen molar-refractivity contribution in [2.24, 2.45) is 0 Å². The molecule has 0 atom stereocenters. The van der Waals surface area contributed by atoms with E-state index in [0.717, 1.165) is 46.3 Å². The minimum absolute atomic E-state index is 0.0792. The van der Waals surface area contributed by atoms with Crippen molar-refractivity contribution in [3.8, 4) is 17.2 Å². The maximum absolute atomic E-state index is 13.4. The Morgan fingerprint density at radius 2 is 1.78 bits per heavy atom. The van der Waals surface area contributed by atoms with E-state index in [2.05, 4.69) is 29.4 Å². The number of ether oxygens (including phenoxy) is 3. The summed E-state index contributed by atoms with van der Waals surface area (Å²) >= 11 is 3.46. The van der Waals surface area contributed by atoms with Gasteiger partial charge in [0.1, 0.15) is 5.75 Å². The van der Waals surface area contributed by atoms with Crippen molar-refractivity contribution >= 4 is 27.6 Å². The van der Waals surface area contributed by atoms with Crippen molar-refractivity contribution in [2.45, 2.75) is 32.7 Å². The number of benzene rings is 2. The number of unbranched alkanes of at least 4 members (excludes halogenated alkanes) is 2. The predicted molar refractivity (Wildman–Crippen MR) is 131 cm³/mol. The number of rotatable bonds is 10. The lowest BCUT2D eigenvalue weighted by molar-refractivity contribution is 0.201. The molecule has 0 aliphatic carbocycles. The summed E-state index contributed by atoms with van der Waals surface area (Å²) in [5.41, 5.74) is 2.66. The van der Waals surface area contributed by atoms with Crippen LogP contribution in [0.25, 0.3) is 0 Å². The molecule has 1 aliphatic heterocycles. The molecular weight excluding hydrogens is 472 g/mol. The van der Waals surface area contributed by atoms with E-state index in [-0.39, 0.29) is 6.03 Å². The molecule has 0 spiro atoms. The van der Waals surface area contributed by atoms with E-state index in [1.165, 1.54) is 0 Å². The highest BCUT2D eigenvalue weighted by atomic mass is 79.9. The van der Waals surface area contributed by atoms with E-state index in [4.69, 9.17) is 14.2 Å². The molecule has 0 aromatic heterocycles. The van der Waals surface area contributed by atoms with Gasteiger partial charge in [0.15, 0.2) is 11.5 Å². The van der Waals surface area contributed by atoms with Crippen LogP contribution in [0, 0.1) is 0 Å². The summed E-state index contributed by atoms with van der Waals surface area (Å²) < 4.78 is 17.9. The number of halogens is 1. The number of methoxy groups -OCH3 is 2. The lowest BCUT2D eigenvalue weighted by Crippen LogP contribution is -2.50. The van der Waals surface area contributed by atoms with E-state index in [1.807, 2.05) is 36.4 Å². The van der Waals surface area contributed by atoms with Crippen molar-refractivity contribution in [2.75, 3.05) is 38.8 Å². The lowest BCUT2D eigenvalue weighted by atomic mass is 10.1. The molecule has 0 saturated carbocycles. The number of anilines is 1. The molecule has 0 bridgehead atoms. The molecule has 1 aliphatic rings. The van der Waals surface area contributed by atoms with Gasteiger partial charge in [0.05, 0.1) is 33.9 Å². The molecule has 1 heterocycles. The molecular formula is C25H31BrN2O4. The summed E-state index contributed by atoms with van der Waals surface area (Å²) in [5, 5.41) is 0. The Labute approximate surface area is 198 Å². The minimum atomic E-state index is -0.0792. The third kappa shape index (κ3) is 5.76. The van der Waals surface area contributed by atoms with Crippen LogP contribution in [0.2, 0.25) is 0 Å². The summed E-state index contributed by atoms with van der Waals surface area (Å²) in [6.45, 7) is 8.35. The topological polar surface area (TPSA) is 51.2 Å². The Hall–Kier alpha value is -2.67. The number of hydrogen-bond donors (Lipinski definition) is 0. The molecule has 2 amide bonds. The lowest BCUT2D eigenvalue weighted by Gasteiger charge is -2.37. The smallest absolute Gasteiger partial charge is 0.325 e. The van der Waals surface area contributed by atoms with Crippen LogP contribution >= 0.6 is 15.9 Å². The largest absolute Gasteiger partial charge is 0.496 e. The highest BCUT2D eigenvalue weighted by Crippen LogP contribution is 2.34. The first kappa shape index (κ1) is 24.0. The van der Waals surface area contributed by atoms with Crippen LogP contribution in [0.5, 0.6) is 17.2 Å². The van der Waals surface area contributed by atoms with Crippen molar-refractivity contribution in [1.29, 1.82) is 0 Å². The van der Waals surface area contributed by atoms with Gasteiger partial charge in [-0.15, -0.1) is 0 Å². The van der Waals surface area contributed by atoms with Crippen molar-refractivity contribution in [3.63, 3.8) is 0 Å². The van der Waals surface area contributed by atoms with Crippen LogP contribution in [-0.2, 0) is 6.54 Å². The maximum Gasteiger partial charge on any atom is 0.325 e. The Bertz CT molecular complexity index is 963. The molecule has 32 heavy (non-hydrogen) atoms. The fourth-order valence-corrected chi connectivity index (χ4v) is 4.05. The average molecular weight is 503 g/mol. The van der Waals surface area contributed by atoms with Gasteiger partial charge in [0.25, 0.3) is 0 Å². The second kappa shape index (κ2) is 11.3. The van der Waals surface area contributed by atoms with Crippen LogP contribution in [-0.4, -0.2) is 44.8 Å². The monoisotopic (exact) mass is 502 g/mol. The van der Waals surface area contributed by atoms with Gasteiger partial charge < -0.3 is 19.1 Å². The number of amides is 2. The Balaban J connectivity index is 1.81. The first-order chi connectivity index (χ1) is 15.5. The number of carbonyl (C=O) groups excluding carboxylic acids is 1. The third-order valence-corrected chi connectivity index (χ3v) is 5.87. The average Bonchev–Trinajstić information content (AvgIpc) is 2.79.